The van der Waals surface area contributed by atoms with E-state index in [0.29, 0.717) is 0 Å². The summed E-state index contributed by atoms with van der Waals surface area (Å²) in [6.07, 6.45) is 8.79. The molecule has 1 aromatic heterocycles. The highest BCUT2D eigenvalue weighted by molar-refractivity contribution is 5.45. The fraction of sp³-hybridized carbons (Fsp3) is 0.542. The number of nitrogens with zero attached hydrogens (tertiary/aromatic N) is 2. The highest BCUT2D eigenvalue weighted by Crippen LogP contribution is 2.49. The zero-order valence-electron chi connectivity index (χ0n) is 16.7. The van der Waals surface area contributed by atoms with E-state index in [2.05, 4.69) is 22.0 Å². The average Bonchev–Trinajstić information content (AvgIpc) is 3.16. The zero-order chi connectivity index (χ0) is 19.1. The van der Waals surface area contributed by atoms with Gasteiger partial charge in [-0.15, -0.1) is 0 Å². The molecular formula is C24H30N2O2. The van der Waals surface area contributed by atoms with Crippen LogP contribution in [0.15, 0.2) is 36.5 Å². The van der Waals surface area contributed by atoms with Gasteiger partial charge in [0.15, 0.2) is 0 Å². The van der Waals surface area contributed by atoms with Crippen LogP contribution >= 0.6 is 0 Å². The minimum absolute atomic E-state index is 0.246. The second-order valence-corrected chi connectivity index (χ2v) is 8.85. The Bertz CT molecular complexity index is 837. The SMILES string of the molecule is COc1cc2c(cc1CN1C[C@H]3CCC[C@@H](C1)C3(O)c1ccccn1)CCC2. The second-order valence-electron chi connectivity index (χ2n) is 8.85. The molecule has 2 aliphatic carbocycles. The summed E-state index contributed by atoms with van der Waals surface area (Å²) < 4.78 is 5.73. The quantitative estimate of drug-likeness (QED) is 0.881. The van der Waals surface area contributed by atoms with Crippen molar-refractivity contribution in [2.45, 2.75) is 50.7 Å². The van der Waals surface area contributed by atoms with E-state index in [1.54, 1.807) is 7.11 Å². The van der Waals surface area contributed by atoms with Crippen LogP contribution in [0.4, 0.5) is 0 Å². The molecule has 0 radical (unpaired) electrons. The first-order valence-electron chi connectivity index (χ1n) is 10.7. The van der Waals surface area contributed by atoms with Crippen molar-refractivity contribution in [1.82, 2.24) is 9.88 Å². The number of rotatable bonds is 4. The monoisotopic (exact) mass is 378 g/mol. The topological polar surface area (TPSA) is 45.6 Å². The van der Waals surface area contributed by atoms with E-state index >= 15 is 0 Å². The van der Waals surface area contributed by atoms with Crippen LogP contribution in [0.3, 0.4) is 0 Å². The van der Waals surface area contributed by atoms with Gasteiger partial charge in [0.2, 0.25) is 0 Å². The van der Waals surface area contributed by atoms with Crippen molar-refractivity contribution in [3.8, 4) is 5.75 Å². The molecule has 2 heterocycles. The van der Waals surface area contributed by atoms with Gasteiger partial charge in [-0.25, -0.2) is 0 Å². The van der Waals surface area contributed by atoms with E-state index in [-0.39, 0.29) is 11.8 Å². The van der Waals surface area contributed by atoms with Gasteiger partial charge < -0.3 is 9.84 Å². The fourth-order valence-corrected chi connectivity index (χ4v) is 5.90. The smallest absolute Gasteiger partial charge is 0.123 e. The number of aryl methyl sites for hydroxylation is 2. The van der Waals surface area contributed by atoms with Crippen molar-refractivity contribution in [3.05, 3.63) is 58.9 Å². The highest BCUT2D eigenvalue weighted by atomic mass is 16.5. The molecule has 1 saturated carbocycles. The Morgan fingerprint density at radius 2 is 1.86 bits per heavy atom. The third-order valence-electron chi connectivity index (χ3n) is 7.27. The van der Waals surface area contributed by atoms with Gasteiger partial charge >= 0.3 is 0 Å². The molecule has 1 unspecified atom stereocenters. The second kappa shape index (κ2) is 7.16. The van der Waals surface area contributed by atoms with E-state index in [0.717, 1.165) is 43.9 Å². The summed E-state index contributed by atoms with van der Waals surface area (Å²) in [6, 6.07) is 10.6. The van der Waals surface area contributed by atoms with Crippen molar-refractivity contribution in [1.29, 1.82) is 0 Å². The number of methoxy groups -OCH3 is 1. The minimum atomic E-state index is -0.780. The molecule has 1 aliphatic heterocycles. The van der Waals surface area contributed by atoms with Gasteiger partial charge in [-0.3, -0.25) is 9.88 Å². The Balaban J connectivity index is 1.40. The van der Waals surface area contributed by atoms with Crippen molar-refractivity contribution < 1.29 is 9.84 Å². The number of likely N-dealkylation sites (tertiary alicyclic amines) is 1. The third-order valence-corrected chi connectivity index (χ3v) is 7.27. The number of hydrogen-bond donors (Lipinski definition) is 1. The van der Waals surface area contributed by atoms with Crippen LogP contribution in [-0.4, -0.2) is 35.2 Å². The number of hydrogen-bond acceptors (Lipinski definition) is 4. The molecule has 1 aromatic carbocycles. The Hall–Kier alpha value is -1.91. The van der Waals surface area contributed by atoms with Crippen LogP contribution in [0.25, 0.3) is 0 Å². The molecule has 2 fully saturated rings. The Labute approximate surface area is 167 Å². The van der Waals surface area contributed by atoms with E-state index in [1.165, 1.54) is 42.4 Å². The lowest BCUT2D eigenvalue weighted by molar-refractivity contribution is -0.151. The Kier molecular flexibility index (Phi) is 4.64. The number of piperidine rings is 1. The summed E-state index contributed by atoms with van der Waals surface area (Å²) in [5.41, 5.74) is 4.33. The average molecular weight is 379 g/mol. The van der Waals surface area contributed by atoms with Gasteiger partial charge in [0, 0.05) is 43.2 Å². The lowest BCUT2D eigenvalue weighted by atomic mass is 9.64. The standard InChI is InChI=1S/C24H30N2O2/c1-28-22-13-18-7-4-6-17(18)12-19(22)14-26-15-20-8-5-9-21(16-26)24(20,27)23-10-2-3-11-25-23/h2-3,10-13,20-21,27H,4-9,14-16H2,1H3/t20-,21+,24?. The predicted octanol–water partition coefficient (Wildman–Crippen LogP) is 3.70. The summed E-state index contributed by atoms with van der Waals surface area (Å²) in [6.45, 7) is 2.75. The van der Waals surface area contributed by atoms with Crippen molar-refractivity contribution >= 4 is 0 Å². The van der Waals surface area contributed by atoms with Gasteiger partial charge in [0.25, 0.3) is 0 Å². The maximum atomic E-state index is 11.7. The number of pyridine rings is 1. The highest BCUT2D eigenvalue weighted by Gasteiger charge is 2.52. The minimum Gasteiger partial charge on any atom is -0.496 e. The molecule has 4 heteroatoms. The molecule has 3 aliphatic rings. The van der Waals surface area contributed by atoms with Crippen LogP contribution in [0.2, 0.25) is 0 Å². The lowest BCUT2D eigenvalue weighted by Gasteiger charge is -2.52. The molecule has 0 amide bonds. The van der Waals surface area contributed by atoms with Crippen molar-refractivity contribution in [2.75, 3.05) is 20.2 Å². The van der Waals surface area contributed by atoms with E-state index in [1.807, 2.05) is 24.4 Å². The van der Waals surface area contributed by atoms with Crippen LogP contribution in [-0.2, 0) is 25.0 Å². The van der Waals surface area contributed by atoms with E-state index < -0.39 is 5.60 Å². The van der Waals surface area contributed by atoms with E-state index in [4.69, 9.17) is 4.74 Å². The molecule has 2 bridgehead atoms. The van der Waals surface area contributed by atoms with Crippen molar-refractivity contribution in [3.63, 3.8) is 0 Å². The number of aromatic nitrogens is 1. The maximum Gasteiger partial charge on any atom is 0.123 e. The van der Waals surface area contributed by atoms with Crippen LogP contribution in [0, 0.1) is 11.8 Å². The molecule has 3 atom stereocenters. The summed E-state index contributed by atoms with van der Waals surface area (Å²) in [7, 11) is 1.78. The molecule has 1 saturated heterocycles. The largest absolute Gasteiger partial charge is 0.496 e. The Morgan fingerprint density at radius 3 is 2.54 bits per heavy atom. The van der Waals surface area contributed by atoms with E-state index in [9.17, 15) is 5.11 Å². The summed E-state index contributed by atoms with van der Waals surface area (Å²) in [4.78, 5) is 7.08. The molecule has 5 rings (SSSR count). The number of aliphatic hydroxyl groups is 1. The first-order chi connectivity index (χ1) is 13.7. The normalized spacial score (nSPS) is 29.5. The van der Waals surface area contributed by atoms with Gasteiger partial charge in [-0.2, -0.15) is 0 Å². The number of fused-ring (bicyclic) bond motifs is 3. The number of benzene rings is 1. The summed E-state index contributed by atoms with van der Waals surface area (Å²) in [5, 5.41) is 11.7. The molecule has 0 spiro atoms. The fourth-order valence-electron chi connectivity index (χ4n) is 5.90. The van der Waals surface area contributed by atoms with Gasteiger partial charge in [-0.1, -0.05) is 18.6 Å². The van der Waals surface area contributed by atoms with Gasteiger partial charge in [-0.05, 0) is 61.4 Å². The first kappa shape index (κ1) is 18.1. The van der Waals surface area contributed by atoms with Crippen LogP contribution in [0.1, 0.15) is 48.1 Å². The molecular weight excluding hydrogens is 348 g/mol. The molecule has 1 N–H and O–H groups in total. The number of ether oxygens (including phenoxy) is 1. The van der Waals surface area contributed by atoms with Crippen LogP contribution < -0.4 is 4.74 Å². The lowest BCUT2D eigenvalue weighted by Crippen LogP contribution is -2.58. The molecule has 148 valence electrons. The maximum absolute atomic E-state index is 11.7. The zero-order valence-corrected chi connectivity index (χ0v) is 16.7. The van der Waals surface area contributed by atoms with Gasteiger partial charge in [0.05, 0.1) is 12.8 Å². The molecule has 28 heavy (non-hydrogen) atoms. The summed E-state index contributed by atoms with van der Waals surface area (Å²) in [5.74, 6) is 1.52. The van der Waals surface area contributed by atoms with Crippen molar-refractivity contribution in [2.24, 2.45) is 11.8 Å². The first-order valence-corrected chi connectivity index (χ1v) is 10.7. The summed E-state index contributed by atoms with van der Waals surface area (Å²) >= 11 is 0. The van der Waals surface area contributed by atoms with Crippen LogP contribution in [0.5, 0.6) is 5.75 Å². The molecule has 4 nitrogen and oxygen atoms in total. The Morgan fingerprint density at radius 1 is 1.11 bits per heavy atom. The molecule has 2 aromatic rings. The third kappa shape index (κ3) is 2.94. The predicted molar refractivity (Wildman–Crippen MR) is 109 cm³/mol. The van der Waals surface area contributed by atoms with Gasteiger partial charge in [0.1, 0.15) is 11.4 Å².